The Kier molecular flexibility index (Phi) is 9.86. The van der Waals surface area contributed by atoms with Crippen molar-refractivity contribution in [3.8, 4) is 0 Å². The number of hydrogen-bond acceptors (Lipinski definition) is 5. The first kappa shape index (κ1) is 17.3. The number of rotatable bonds is 12. The van der Waals surface area contributed by atoms with Crippen molar-refractivity contribution in [2.24, 2.45) is 0 Å². The molecule has 0 spiro atoms. The van der Waals surface area contributed by atoms with Crippen molar-refractivity contribution in [1.82, 2.24) is 5.32 Å². The molecule has 0 aromatic heterocycles. The Morgan fingerprint density at radius 1 is 1.17 bits per heavy atom. The predicted octanol–water partition coefficient (Wildman–Crippen LogP) is 0.509. The summed E-state index contributed by atoms with van der Waals surface area (Å²) in [5, 5.41) is 11.8. The van der Waals surface area contributed by atoms with E-state index in [2.05, 4.69) is 5.32 Å². The molecular weight excluding hydrogens is 238 g/mol. The van der Waals surface area contributed by atoms with Gasteiger partial charge in [0.1, 0.15) is 5.54 Å². The maximum absolute atomic E-state index is 11.0. The van der Waals surface area contributed by atoms with Crippen molar-refractivity contribution in [1.29, 1.82) is 0 Å². The average molecular weight is 263 g/mol. The van der Waals surface area contributed by atoms with Crippen LogP contribution in [0.5, 0.6) is 0 Å². The molecule has 6 nitrogen and oxygen atoms in total. The van der Waals surface area contributed by atoms with Gasteiger partial charge in [0.15, 0.2) is 0 Å². The van der Waals surface area contributed by atoms with Gasteiger partial charge < -0.3 is 24.6 Å². The molecule has 0 bridgehead atoms. The third-order valence-corrected chi connectivity index (χ3v) is 2.79. The lowest BCUT2D eigenvalue weighted by Gasteiger charge is -2.23. The molecule has 0 radical (unpaired) electrons. The lowest BCUT2D eigenvalue weighted by atomic mass is 9.96. The maximum atomic E-state index is 11.0. The summed E-state index contributed by atoms with van der Waals surface area (Å²) in [5.74, 6) is -0.840. The number of nitrogens with one attached hydrogen (secondary N) is 1. The monoisotopic (exact) mass is 263 g/mol. The Labute approximate surface area is 109 Å². The number of carboxylic acids is 1. The topological polar surface area (TPSA) is 77.0 Å². The standard InChI is InChI=1S/C12H25NO5/c1-12(13-2,11(14)15)5-4-6-17-9-10-18-8-7-16-3/h13H,4-10H2,1-3H3,(H,14,15). The van der Waals surface area contributed by atoms with Crippen molar-refractivity contribution in [2.45, 2.75) is 25.3 Å². The minimum absolute atomic E-state index is 0.521. The van der Waals surface area contributed by atoms with Gasteiger partial charge in [-0.3, -0.25) is 4.79 Å². The molecule has 0 aliphatic carbocycles. The van der Waals surface area contributed by atoms with E-state index in [-0.39, 0.29) is 0 Å². The summed E-state index contributed by atoms with van der Waals surface area (Å²) in [6, 6.07) is 0. The smallest absolute Gasteiger partial charge is 0.323 e. The number of methoxy groups -OCH3 is 1. The Bertz CT molecular complexity index is 225. The van der Waals surface area contributed by atoms with Crippen LogP contribution in [0.3, 0.4) is 0 Å². The van der Waals surface area contributed by atoms with Crippen molar-refractivity contribution < 1.29 is 24.1 Å². The first-order valence-corrected chi connectivity index (χ1v) is 6.13. The molecular formula is C12H25NO5. The molecule has 18 heavy (non-hydrogen) atoms. The van der Waals surface area contributed by atoms with Crippen molar-refractivity contribution >= 4 is 5.97 Å². The molecule has 0 rings (SSSR count). The predicted molar refractivity (Wildman–Crippen MR) is 67.8 cm³/mol. The van der Waals surface area contributed by atoms with Gasteiger partial charge in [-0.15, -0.1) is 0 Å². The molecule has 108 valence electrons. The van der Waals surface area contributed by atoms with Crippen LogP contribution in [-0.2, 0) is 19.0 Å². The van der Waals surface area contributed by atoms with Gasteiger partial charge in [0.2, 0.25) is 0 Å². The molecule has 0 aromatic rings. The van der Waals surface area contributed by atoms with E-state index in [1.807, 2.05) is 0 Å². The fourth-order valence-electron chi connectivity index (χ4n) is 1.33. The fraction of sp³-hybridized carbons (Fsp3) is 0.917. The summed E-state index contributed by atoms with van der Waals surface area (Å²) in [4.78, 5) is 11.0. The molecule has 0 amide bonds. The summed E-state index contributed by atoms with van der Waals surface area (Å²) in [6.07, 6.45) is 1.23. The lowest BCUT2D eigenvalue weighted by Crippen LogP contribution is -2.47. The number of carboxylic acid groups (broad SMARTS) is 1. The van der Waals surface area contributed by atoms with Crippen LogP contribution in [0.25, 0.3) is 0 Å². The van der Waals surface area contributed by atoms with E-state index in [1.54, 1.807) is 21.1 Å². The van der Waals surface area contributed by atoms with Gasteiger partial charge in [-0.05, 0) is 26.8 Å². The SMILES string of the molecule is CNC(C)(CCCOCCOCCOC)C(=O)O. The molecule has 1 unspecified atom stereocenters. The van der Waals surface area contributed by atoms with Gasteiger partial charge in [0, 0.05) is 13.7 Å². The summed E-state index contributed by atoms with van der Waals surface area (Å²) in [7, 11) is 3.28. The molecule has 2 N–H and O–H groups in total. The van der Waals surface area contributed by atoms with E-state index in [4.69, 9.17) is 19.3 Å². The lowest BCUT2D eigenvalue weighted by molar-refractivity contribution is -0.144. The van der Waals surface area contributed by atoms with Crippen molar-refractivity contribution in [3.05, 3.63) is 0 Å². The summed E-state index contributed by atoms with van der Waals surface area (Å²) >= 11 is 0. The molecule has 1 atom stereocenters. The van der Waals surface area contributed by atoms with Gasteiger partial charge in [-0.1, -0.05) is 0 Å². The first-order valence-electron chi connectivity index (χ1n) is 6.13. The van der Waals surface area contributed by atoms with Gasteiger partial charge >= 0.3 is 5.97 Å². The quantitative estimate of drug-likeness (QED) is 0.500. The van der Waals surface area contributed by atoms with E-state index in [0.717, 1.165) is 0 Å². The number of hydrogen-bond donors (Lipinski definition) is 2. The van der Waals surface area contributed by atoms with Gasteiger partial charge in [-0.25, -0.2) is 0 Å². The van der Waals surface area contributed by atoms with E-state index in [0.29, 0.717) is 45.9 Å². The maximum Gasteiger partial charge on any atom is 0.323 e. The van der Waals surface area contributed by atoms with Crippen LogP contribution in [0.1, 0.15) is 19.8 Å². The number of carbonyl (C=O) groups is 1. The number of aliphatic carboxylic acids is 1. The van der Waals surface area contributed by atoms with Crippen LogP contribution in [-0.4, -0.2) is 63.8 Å². The third kappa shape index (κ3) is 7.60. The Balaban J connectivity index is 3.42. The highest BCUT2D eigenvalue weighted by atomic mass is 16.5. The Morgan fingerprint density at radius 3 is 2.22 bits per heavy atom. The zero-order valence-corrected chi connectivity index (χ0v) is 11.5. The molecule has 0 fully saturated rings. The zero-order chi connectivity index (χ0) is 13.9. The van der Waals surface area contributed by atoms with Crippen molar-refractivity contribution in [2.75, 3.05) is 47.2 Å². The zero-order valence-electron chi connectivity index (χ0n) is 11.5. The van der Waals surface area contributed by atoms with Crippen LogP contribution < -0.4 is 5.32 Å². The van der Waals surface area contributed by atoms with Crippen LogP contribution >= 0.6 is 0 Å². The van der Waals surface area contributed by atoms with E-state index in [1.165, 1.54) is 0 Å². The van der Waals surface area contributed by atoms with Gasteiger partial charge in [0.25, 0.3) is 0 Å². The molecule has 0 heterocycles. The molecule has 0 aliphatic rings. The normalized spacial score (nSPS) is 14.4. The fourth-order valence-corrected chi connectivity index (χ4v) is 1.33. The number of ether oxygens (including phenoxy) is 3. The van der Waals surface area contributed by atoms with E-state index < -0.39 is 11.5 Å². The third-order valence-electron chi connectivity index (χ3n) is 2.79. The minimum Gasteiger partial charge on any atom is -0.480 e. The molecule has 6 heteroatoms. The highest BCUT2D eigenvalue weighted by Crippen LogP contribution is 2.11. The number of likely N-dealkylation sites (N-methyl/N-ethyl adjacent to an activating group) is 1. The molecule has 0 aliphatic heterocycles. The van der Waals surface area contributed by atoms with E-state index in [9.17, 15) is 4.79 Å². The highest BCUT2D eigenvalue weighted by Gasteiger charge is 2.30. The van der Waals surface area contributed by atoms with E-state index >= 15 is 0 Å². The highest BCUT2D eigenvalue weighted by molar-refractivity contribution is 5.78. The van der Waals surface area contributed by atoms with Crippen molar-refractivity contribution in [3.63, 3.8) is 0 Å². The average Bonchev–Trinajstić information content (AvgIpc) is 2.36. The Hall–Kier alpha value is -0.690. The Morgan fingerprint density at radius 2 is 1.72 bits per heavy atom. The largest absolute Gasteiger partial charge is 0.480 e. The van der Waals surface area contributed by atoms with Crippen LogP contribution in [0.2, 0.25) is 0 Å². The van der Waals surface area contributed by atoms with Crippen LogP contribution in [0, 0.1) is 0 Å². The molecule has 0 saturated carbocycles. The molecule has 0 aromatic carbocycles. The van der Waals surface area contributed by atoms with Gasteiger partial charge in [-0.2, -0.15) is 0 Å². The minimum atomic E-state index is -0.877. The molecule has 0 saturated heterocycles. The van der Waals surface area contributed by atoms with Gasteiger partial charge in [0.05, 0.1) is 26.4 Å². The van der Waals surface area contributed by atoms with Crippen LogP contribution in [0.15, 0.2) is 0 Å². The second kappa shape index (κ2) is 10.3. The summed E-state index contributed by atoms with van der Waals surface area (Å²) in [5.41, 5.74) is -0.877. The second-order valence-corrected chi connectivity index (χ2v) is 4.21. The summed E-state index contributed by atoms with van der Waals surface area (Å²) < 4.78 is 15.4. The summed E-state index contributed by atoms with van der Waals surface area (Å²) in [6.45, 7) is 4.41. The van der Waals surface area contributed by atoms with Crippen LogP contribution in [0.4, 0.5) is 0 Å². The second-order valence-electron chi connectivity index (χ2n) is 4.21. The first-order chi connectivity index (χ1) is 8.56.